The molecule has 0 aromatic heterocycles. The average Bonchev–Trinajstić information content (AvgIpc) is 2.30. The van der Waals surface area contributed by atoms with Crippen LogP contribution in [0.2, 0.25) is 0 Å². The zero-order valence-corrected chi connectivity index (χ0v) is 12.0. The zero-order chi connectivity index (χ0) is 13.7. The molecule has 0 saturated heterocycles. The first-order valence-electron chi connectivity index (χ1n) is 6.13. The second-order valence-electron chi connectivity index (χ2n) is 4.80. The minimum atomic E-state index is 0.166. The Balaban J connectivity index is 2.93. The Kier molecular flexibility index (Phi) is 5.44. The molecule has 102 valence electrons. The predicted octanol–water partition coefficient (Wildman–Crippen LogP) is 1.79. The van der Waals surface area contributed by atoms with Crippen molar-refractivity contribution in [3.63, 3.8) is 0 Å². The van der Waals surface area contributed by atoms with Crippen LogP contribution >= 0.6 is 0 Å². The Morgan fingerprint density at radius 2 is 1.94 bits per heavy atom. The molecule has 18 heavy (non-hydrogen) atoms. The molecule has 0 fully saturated rings. The molecule has 0 amide bonds. The van der Waals surface area contributed by atoms with Gasteiger partial charge in [0.15, 0.2) is 0 Å². The summed E-state index contributed by atoms with van der Waals surface area (Å²) in [7, 11) is 5.41. The SMILES string of the molecule is COc1cc(C)c(CN(C)CC(C)N)c(OC)c1. The molecule has 0 saturated carbocycles. The van der Waals surface area contributed by atoms with Crippen molar-refractivity contribution in [3.05, 3.63) is 23.3 Å². The average molecular weight is 252 g/mol. The smallest absolute Gasteiger partial charge is 0.127 e. The van der Waals surface area contributed by atoms with E-state index in [4.69, 9.17) is 15.2 Å². The van der Waals surface area contributed by atoms with Crippen molar-refractivity contribution < 1.29 is 9.47 Å². The molecule has 0 aliphatic heterocycles. The van der Waals surface area contributed by atoms with Gasteiger partial charge in [-0.25, -0.2) is 0 Å². The van der Waals surface area contributed by atoms with Gasteiger partial charge in [0.25, 0.3) is 0 Å². The zero-order valence-electron chi connectivity index (χ0n) is 12.0. The van der Waals surface area contributed by atoms with E-state index >= 15 is 0 Å². The van der Waals surface area contributed by atoms with Crippen molar-refractivity contribution in [2.45, 2.75) is 26.4 Å². The van der Waals surface area contributed by atoms with E-state index in [2.05, 4.69) is 18.9 Å². The van der Waals surface area contributed by atoms with Crippen molar-refractivity contribution in [2.24, 2.45) is 5.73 Å². The summed E-state index contributed by atoms with van der Waals surface area (Å²) in [6.45, 7) is 5.75. The van der Waals surface area contributed by atoms with Crippen molar-refractivity contribution in [2.75, 3.05) is 27.8 Å². The fourth-order valence-electron chi connectivity index (χ4n) is 2.08. The van der Waals surface area contributed by atoms with Gasteiger partial charge in [-0.3, -0.25) is 0 Å². The van der Waals surface area contributed by atoms with E-state index in [1.165, 1.54) is 11.1 Å². The second kappa shape index (κ2) is 6.61. The van der Waals surface area contributed by atoms with Gasteiger partial charge in [-0.05, 0) is 32.5 Å². The number of aryl methyl sites for hydroxylation is 1. The maximum Gasteiger partial charge on any atom is 0.127 e. The van der Waals surface area contributed by atoms with Gasteiger partial charge >= 0.3 is 0 Å². The minimum absolute atomic E-state index is 0.166. The van der Waals surface area contributed by atoms with Crippen molar-refractivity contribution in [1.82, 2.24) is 4.90 Å². The third kappa shape index (κ3) is 3.89. The molecule has 0 aliphatic carbocycles. The number of nitrogens with two attached hydrogens (primary N) is 1. The highest BCUT2D eigenvalue weighted by molar-refractivity contribution is 5.46. The van der Waals surface area contributed by atoms with Crippen LogP contribution in [-0.2, 0) is 6.54 Å². The third-order valence-corrected chi connectivity index (χ3v) is 2.89. The Hall–Kier alpha value is -1.26. The number of rotatable bonds is 6. The quantitative estimate of drug-likeness (QED) is 0.838. The summed E-state index contributed by atoms with van der Waals surface area (Å²) in [5, 5.41) is 0. The lowest BCUT2D eigenvalue weighted by Gasteiger charge is -2.22. The first kappa shape index (κ1) is 14.8. The van der Waals surface area contributed by atoms with E-state index in [1.54, 1.807) is 14.2 Å². The highest BCUT2D eigenvalue weighted by atomic mass is 16.5. The molecule has 0 spiro atoms. The van der Waals surface area contributed by atoms with Gasteiger partial charge in [-0.2, -0.15) is 0 Å². The first-order valence-corrected chi connectivity index (χ1v) is 6.13. The molecular formula is C14H24N2O2. The van der Waals surface area contributed by atoms with Crippen LogP contribution in [0.3, 0.4) is 0 Å². The van der Waals surface area contributed by atoms with Crippen molar-refractivity contribution in [1.29, 1.82) is 0 Å². The van der Waals surface area contributed by atoms with Crippen LogP contribution in [0.25, 0.3) is 0 Å². The Labute approximate surface area is 110 Å². The number of ether oxygens (including phenoxy) is 2. The van der Waals surface area contributed by atoms with Crippen molar-refractivity contribution in [3.8, 4) is 11.5 Å². The van der Waals surface area contributed by atoms with Crippen LogP contribution in [-0.4, -0.2) is 38.8 Å². The van der Waals surface area contributed by atoms with Crippen LogP contribution < -0.4 is 15.2 Å². The predicted molar refractivity (Wildman–Crippen MR) is 74.3 cm³/mol. The first-order chi connectivity index (χ1) is 8.47. The monoisotopic (exact) mass is 252 g/mol. The number of benzene rings is 1. The highest BCUT2D eigenvalue weighted by Crippen LogP contribution is 2.29. The Bertz CT molecular complexity index is 392. The molecule has 4 heteroatoms. The lowest BCUT2D eigenvalue weighted by molar-refractivity contribution is 0.301. The van der Waals surface area contributed by atoms with Gasteiger partial charge in [0, 0.05) is 30.8 Å². The molecule has 1 aromatic rings. The molecule has 1 aromatic carbocycles. The number of methoxy groups -OCH3 is 2. The van der Waals surface area contributed by atoms with E-state index in [0.717, 1.165) is 24.6 Å². The number of likely N-dealkylation sites (N-methyl/N-ethyl adjacent to an activating group) is 1. The lowest BCUT2D eigenvalue weighted by atomic mass is 10.1. The maximum atomic E-state index is 5.81. The summed E-state index contributed by atoms with van der Waals surface area (Å²) in [5.74, 6) is 1.69. The van der Waals surface area contributed by atoms with Gasteiger partial charge < -0.3 is 20.1 Å². The lowest BCUT2D eigenvalue weighted by Crippen LogP contribution is -2.32. The molecule has 1 atom stereocenters. The van der Waals surface area contributed by atoms with E-state index < -0.39 is 0 Å². The molecule has 1 unspecified atom stereocenters. The van der Waals surface area contributed by atoms with Crippen LogP contribution in [0.1, 0.15) is 18.1 Å². The largest absolute Gasteiger partial charge is 0.497 e. The van der Waals surface area contributed by atoms with E-state index in [9.17, 15) is 0 Å². The number of hydrogen-bond donors (Lipinski definition) is 1. The van der Waals surface area contributed by atoms with Crippen LogP contribution in [0.15, 0.2) is 12.1 Å². The third-order valence-electron chi connectivity index (χ3n) is 2.89. The normalized spacial score (nSPS) is 12.6. The van der Waals surface area contributed by atoms with Gasteiger partial charge in [-0.1, -0.05) is 0 Å². The summed E-state index contributed by atoms with van der Waals surface area (Å²) in [4.78, 5) is 2.20. The maximum absolute atomic E-state index is 5.81. The molecule has 0 radical (unpaired) electrons. The summed E-state index contributed by atoms with van der Waals surface area (Å²) in [5.41, 5.74) is 8.16. The van der Waals surface area contributed by atoms with Crippen molar-refractivity contribution >= 4 is 0 Å². The van der Waals surface area contributed by atoms with E-state index in [-0.39, 0.29) is 6.04 Å². The highest BCUT2D eigenvalue weighted by Gasteiger charge is 2.12. The molecule has 0 bridgehead atoms. The van der Waals surface area contributed by atoms with Gasteiger partial charge in [-0.15, -0.1) is 0 Å². The fourth-order valence-corrected chi connectivity index (χ4v) is 2.08. The molecule has 0 aliphatic rings. The van der Waals surface area contributed by atoms with E-state index in [0.29, 0.717) is 0 Å². The Morgan fingerprint density at radius 3 is 2.44 bits per heavy atom. The number of hydrogen-bond acceptors (Lipinski definition) is 4. The van der Waals surface area contributed by atoms with Crippen LogP contribution in [0.5, 0.6) is 11.5 Å². The molecule has 4 nitrogen and oxygen atoms in total. The van der Waals surface area contributed by atoms with Gasteiger partial charge in [0.05, 0.1) is 14.2 Å². The fraction of sp³-hybridized carbons (Fsp3) is 0.571. The molecule has 1 rings (SSSR count). The van der Waals surface area contributed by atoms with Gasteiger partial charge in [0.2, 0.25) is 0 Å². The van der Waals surface area contributed by atoms with Crippen LogP contribution in [0.4, 0.5) is 0 Å². The van der Waals surface area contributed by atoms with E-state index in [1.807, 2.05) is 19.1 Å². The summed E-state index contributed by atoms with van der Waals surface area (Å²) < 4.78 is 10.7. The standard InChI is InChI=1S/C14H24N2O2/c1-10-6-12(17-4)7-14(18-5)13(10)9-16(3)8-11(2)15/h6-7,11H,8-9,15H2,1-5H3. The molecule has 2 N–H and O–H groups in total. The summed E-state index contributed by atoms with van der Waals surface area (Å²) in [6, 6.07) is 4.11. The second-order valence-corrected chi connectivity index (χ2v) is 4.80. The molecular weight excluding hydrogens is 228 g/mol. The minimum Gasteiger partial charge on any atom is -0.497 e. The van der Waals surface area contributed by atoms with Gasteiger partial charge in [0.1, 0.15) is 11.5 Å². The van der Waals surface area contributed by atoms with Crippen LogP contribution in [0, 0.1) is 6.92 Å². The number of nitrogens with zero attached hydrogens (tertiary/aromatic N) is 1. The molecule has 0 heterocycles. The summed E-state index contributed by atoms with van der Waals surface area (Å²) in [6.07, 6.45) is 0. The summed E-state index contributed by atoms with van der Waals surface area (Å²) >= 11 is 0. The Morgan fingerprint density at radius 1 is 1.28 bits per heavy atom. The topological polar surface area (TPSA) is 47.7 Å².